The lowest BCUT2D eigenvalue weighted by atomic mass is 10.0. The standard InChI is InChI=1S/C27H27N5O/c1-18(20-7-8-20)32(22-9-10-22)27(33)23-15-25(21-5-3-2-4-6-21)30-26-24(23)16-29-31(26)17-19-11-13-28-14-12-19/h2-6,11-16,18,20,22H,7-10,17H2,1H3/t18-/m1/s1. The Morgan fingerprint density at radius 1 is 1.09 bits per heavy atom. The number of benzene rings is 1. The maximum Gasteiger partial charge on any atom is 0.255 e. The average molecular weight is 438 g/mol. The van der Waals surface area contributed by atoms with Gasteiger partial charge in [0.05, 0.1) is 29.4 Å². The second-order valence-corrected chi connectivity index (χ2v) is 9.34. The molecule has 0 spiro atoms. The zero-order valence-electron chi connectivity index (χ0n) is 18.8. The molecular weight excluding hydrogens is 410 g/mol. The normalized spacial score (nSPS) is 16.6. The molecule has 2 aliphatic rings. The highest BCUT2D eigenvalue weighted by Crippen LogP contribution is 2.41. The van der Waals surface area contributed by atoms with Gasteiger partial charge in [-0.25, -0.2) is 9.67 Å². The molecule has 6 nitrogen and oxygen atoms in total. The number of amides is 1. The predicted octanol–water partition coefficient (Wildman–Crippen LogP) is 4.94. The number of pyridine rings is 2. The van der Waals surface area contributed by atoms with Gasteiger partial charge < -0.3 is 4.90 Å². The molecule has 1 aromatic carbocycles. The van der Waals surface area contributed by atoms with E-state index in [1.165, 1.54) is 12.8 Å². The number of hydrogen-bond donors (Lipinski definition) is 0. The third-order valence-corrected chi connectivity index (χ3v) is 6.91. The van der Waals surface area contributed by atoms with Gasteiger partial charge in [0.1, 0.15) is 0 Å². The molecule has 0 saturated heterocycles. The van der Waals surface area contributed by atoms with E-state index in [1.54, 1.807) is 18.6 Å². The molecule has 1 amide bonds. The zero-order chi connectivity index (χ0) is 22.4. The third kappa shape index (κ3) is 3.90. The molecule has 0 bridgehead atoms. The molecule has 2 saturated carbocycles. The average Bonchev–Trinajstić information content (AvgIpc) is 3.78. The van der Waals surface area contributed by atoms with E-state index in [0.29, 0.717) is 24.1 Å². The summed E-state index contributed by atoms with van der Waals surface area (Å²) in [5.74, 6) is 0.750. The molecule has 2 aliphatic carbocycles. The van der Waals surface area contributed by atoms with E-state index in [9.17, 15) is 4.79 Å². The first-order valence-corrected chi connectivity index (χ1v) is 11.8. The summed E-state index contributed by atoms with van der Waals surface area (Å²) >= 11 is 0. The molecule has 0 radical (unpaired) electrons. The highest BCUT2D eigenvalue weighted by atomic mass is 16.2. The van der Waals surface area contributed by atoms with Gasteiger partial charge in [0.15, 0.2) is 5.65 Å². The van der Waals surface area contributed by atoms with Crippen molar-refractivity contribution < 1.29 is 4.79 Å². The van der Waals surface area contributed by atoms with Crippen molar-refractivity contribution >= 4 is 16.9 Å². The van der Waals surface area contributed by atoms with Crippen LogP contribution in [0.5, 0.6) is 0 Å². The molecule has 6 heteroatoms. The Morgan fingerprint density at radius 2 is 1.85 bits per heavy atom. The first kappa shape index (κ1) is 20.1. The third-order valence-electron chi connectivity index (χ3n) is 6.91. The summed E-state index contributed by atoms with van der Waals surface area (Å²) in [6.07, 6.45) is 10.0. The number of hydrogen-bond acceptors (Lipinski definition) is 4. The van der Waals surface area contributed by atoms with Crippen molar-refractivity contribution in [2.24, 2.45) is 5.92 Å². The highest BCUT2D eigenvalue weighted by molar-refractivity contribution is 6.06. The van der Waals surface area contributed by atoms with Crippen molar-refractivity contribution in [3.8, 4) is 11.3 Å². The van der Waals surface area contributed by atoms with Crippen molar-refractivity contribution in [1.29, 1.82) is 0 Å². The quantitative estimate of drug-likeness (QED) is 0.411. The fraction of sp³-hybridized carbons (Fsp3) is 0.333. The van der Waals surface area contributed by atoms with E-state index >= 15 is 0 Å². The van der Waals surface area contributed by atoms with Crippen molar-refractivity contribution in [1.82, 2.24) is 24.6 Å². The SMILES string of the molecule is C[C@H](C1CC1)N(C(=O)c1cc(-c2ccccc2)nc2c1cnn2Cc1ccncc1)C1CC1. The van der Waals surface area contributed by atoms with Crippen molar-refractivity contribution in [3.63, 3.8) is 0 Å². The van der Waals surface area contributed by atoms with Gasteiger partial charge in [-0.15, -0.1) is 0 Å². The second-order valence-electron chi connectivity index (χ2n) is 9.34. The molecule has 0 N–H and O–H groups in total. The summed E-state index contributed by atoms with van der Waals surface area (Å²) in [7, 11) is 0. The van der Waals surface area contributed by atoms with Gasteiger partial charge in [-0.05, 0) is 62.3 Å². The molecule has 166 valence electrons. The van der Waals surface area contributed by atoms with Crippen LogP contribution in [0.1, 0.15) is 48.5 Å². The Hall–Kier alpha value is -3.54. The maximum atomic E-state index is 14.0. The first-order chi connectivity index (χ1) is 16.2. The smallest absolute Gasteiger partial charge is 0.255 e. The van der Waals surface area contributed by atoms with E-state index in [1.807, 2.05) is 53.2 Å². The van der Waals surface area contributed by atoms with Crippen LogP contribution in [-0.4, -0.2) is 42.6 Å². The number of carbonyl (C=O) groups is 1. The largest absolute Gasteiger partial charge is 0.333 e. The summed E-state index contributed by atoms with van der Waals surface area (Å²) < 4.78 is 1.89. The Labute approximate surface area is 193 Å². The van der Waals surface area contributed by atoms with Crippen LogP contribution in [0.4, 0.5) is 0 Å². The van der Waals surface area contributed by atoms with E-state index < -0.39 is 0 Å². The van der Waals surface area contributed by atoms with Crippen molar-refractivity contribution in [3.05, 3.63) is 78.2 Å². The van der Waals surface area contributed by atoms with Crippen LogP contribution in [0.25, 0.3) is 22.3 Å². The molecule has 3 heterocycles. The zero-order valence-corrected chi connectivity index (χ0v) is 18.8. The molecule has 0 aliphatic heterocycles. The molecule has 6 rings (SSSR count). The van der Waals surface area contributed by atoms with Crippen molar-refractivity contribution in [2.75, 3.05) is 0 Å². The predicted molar refractivity (Wildman–Crippen MR) is 128 cm³/mol. The lowest BCUT2D eigenvalue weighted by Crippen LogP contribution is -2.41. The van der Waals surface area contributed by atoms with Crippen LogP contribution in [0.2, 0.25) is 0 Å². The van der Waals surface area contributed by atoms with E-state index in [0.717, 1.165) is 40.7 Å². The number of nitrogens with zero attached hydrogens (tertiary/aromatic N) is 5. The number of aromatic nitrogens is 4. The van der Waals surface area contributed by atoms with Crippen LogP contribution in [0.15, 0.2) is 67.1 Å². The molecule has 4 aromatic rings. The summed E-state index contributed by atoms with van der Waals surface area (Å²) in [6, 6.07) is 16.6. The van der Waals surface area contributed by atoms with Crippen LogP contribution >= 0.6 is 0 Å². The number of carbonyl (C=O) groups excluding carboxylic acids is 1. The number of fused-ring (bicyclic) bond motifs is 1. The Kier molecular flexibility index (Phi) is 4.93. The summed E-state index contributed by atoms with van der Waals surface area (Å²) in [6.45, 7) is 2.80. The van der Waals surface area contributed by atoms with E-state index in [4.69, 9.17) is 4.98 Å². The topological polar surface area (TPSA) is 63.9 Å². The molecule has 0 unspecified atom stereocenters. The Bertz CT molecular complexity index is 1290. The first-order valence-electron chi connectivity index (χ1n) is 11.8. The maximum absolute atomic E-state index is 14.0. The lowest BCUT2D eigenvalue weighted by molar-refractivity contribution is 0.0656. The minimum absolute atomic E-state index is 0.116. The Balaban J connectivity index is 1.47. The van der Waals surface area contributed by atoms with Crippen molar-refractivity contribution in [2.45, 2.75) is 51.2 Å². The van der Waals surface area contributed by atoms with Gasteiger partial charge in [0, 0.05) is 30.0 Å². The molecule has 33 heavy (non-hydrogen) atoms. The summed E-state index contributed by atoms with van der Waals surface area (Å²) in [5.41, 5.74) is 4.35. The molecule has 2 fully saturated rings. The summed E-state index contributed by atoms with van der Waals surface area (Å²) in [5, 5.41) is 5.47. The second kappa shape index (κ2) is 8.10. The van der Waals surface area contributed by atoms with Gasteiger partial charge >= 0.3 is 0 Å². The fourth-order valence-corrected chi connectivity index (χ4v) is 4.74. The van der Waals surface area contributed by atoms with E-state index in [-0.39, 0.29) is 11.9 Å². The van der Waals surface area contributed by atoms with Crippen LogP contribution in [0.3, 0.4) is 0 Å². The fourth-order valence-electron chi connectivity index (χ4n) is 4.74. The minimum Gasteiger partial charge on any atom is -0.333 e. The van der Waals surface area contributed by atoms with Crippen LogP contribution in [-0.2, 0) is 6.54 Å². The monoisotopic (exact) mass is 437 g/mol. The van der Waals surface area contributed by atoms with Gasteiger partial charge in [-0.2, -0.15) is 5.10 Å². The molecule has 3 aromatic heterocycles. The van der Waals surface area contributed by atoms with Gasteiger partial charge in [-0.3, -0.25) is 9.78 Å². The molecular formula is C27H27N5O. The van der Waals surface area contributed by atoms with Gasteiger partial charge in [-0.1, -0.05) is 30.3 Å². The van der Waals surface area contributed by atoms with Gasteiger partial charge in [0.25, 0.3) is 5.91 Å². The van der Waals surface area contributed by atoms with Gasteiger partial charge in [0.2, 0.25) is 0 Å². The van der Waals surface area contributed by atoms with Crippen LogP contribution in [0, 0.1) is 5.92 Å². The van der Waals surface area contributed by atoms with E-state index in [2.05, 4.69) is 21.9 Å². The number of rotatable bonds is 7. The molecule has 1 atom stereocenters. The van der Waals surface area contributed by atoms with Crippen LogP contribution < -0.4 is 0 Å². The summed E-state index contributed by atoms with van der Waals surface area (Å²) in [4.78, 5) is 25.3. The Morgan fingerprint density at radius 3 is 2.55 bits per heavy atom. The highest BCUT2D eigenvalue weighted by Gasteiger charge is 2.42. The lowest BCUT2D eigenvalue weighted by Gasteiger charge is -2.30. The minimum atomic E-state index is 0.116.